The van der Waals surface area contributed by atoms with E-state index in [-0.39, 0.29) is 5.91 Å². The number of guanidine groups is 1. The number of fused-ring (bicyclic) bond motifs is 1. The number of hydrogen-bond acceptors (Lipinski definition) is 5. The topological polar surface area (TPSA) is 97.0 Å². The SMILES string of the molecule is CCOc1ccc(NC(=NCCc2c[nH]c3ccccc23)NC(=O)c2cc(OC)cc(OC)c2)cc1. The van der Waals surface area contributed by atoms with Crippen LogP contribution < -0.4 is 24.8 Å². The molecule has 0 aliphatic heterocycles. The summed E-state index contributed by atoms with van der Waals surface area (Å²) >= 11 is 0. The molecule has 0 spiro atoms. The second-order valence-corrected chi connectivity index (χ2v) is 7.98. The lowest BCUT2D eigenvalue weighted by molar-refractivity contribution is 0.0976. The first-order chi connectivity index (χ1) is 17.6. The number of amides is 1. The normalized spacial score (nSPS) is 11.2. The van der Waals surface area contributed by atoms with E-state index in [1.54, 1.807) is 32.4 Å². The smallest absolute Gasteiger partial charge is 0.258 e. The van der Waals surface area contributed by atoms with Gasteiger partial charge in [0.15, 0.2) is 0 Å². The first kappa shape index (κ1) is 24.7. The van der Waals surface area contributed by atoms with E-state index in [1.807, 2.05) is 55.6 Å². The maximum atomic E-state index is 13.1. The zero-order chi connectivity index (χ0) is 25.3. The highest BCUT2D eigenvalue weighted by atomic mass is 16.5. The van der Waals surface area contributed by atoms with Crippen LogP contribution in [-0.2, 0) is 6.42 Å². The van der Waals surface area contributed by atoms with E-state index in [0.717, 1.165) is 17.0 Å². The van der Waals surface area contributed by atoms with Crippen molar-refractivity contribution in [3.8, 4) is 17.2 Å². The number of aromatic amines is 1. The number of nitrogens with zero attached hydrogens (tertiary/aromatic N) is 1. The molecule has 1 heterocycles. The van der Waals surface area contributed by atoms with Gasteiger partial charge in [-0.25, -0.2) is 0 Å². The number of methoxy groups -OCH3 is 2. The Hall–Kier alpha value is -4.46. The number of aliphatic imine (C=N–C) groups is 1. The van der Waals surface area contributed by atoms with E-state index >= 15 is 0 Å². The second-order valence-electron chi connectivity index (χ2n) is 7.98. The molecular weight excluding hydrogens is 456 g/mol. The molecule has 0 unspecified atom stereocenters. The zero-order valence-electron chi connectivity index (χ0n) is 20.6. The third kappa shape index (κ3) is 6.15. The first-order valence-electron chi connectivity index (χ1n) is 11.7. The largest absolute Gasteiger partial charge is 0.497 e. The minimum Gasteiger partial charge on any atom is -0.497 e. The van der Waals surface area contributed by atoms with Crippen LogP contribution in [0.3, 0.4) is 0 Å². The summed E-state index contributed by atoms with van der Waals surface area (Å²) in [5.41, 5.74) is 3.42. The third-order valence-corrected chi connectivity index (χ3v) is 5.60. The van der Waals surface area contributed by atoms with Crippen LogP contribution in [0.1, 0.15) is 22.8 Å². The molecule has 0 aliphatic carbocycles. The van der Waals surface area contributed by atoms with Crippen molar-refractivity contribution >= 4 is 28.5 Å². The number of anilines is 1. The molecule has 8 heteroatoms. The molecule has 0 saturated carbocycles. The van der Waals surface area contributed by atoms with E-state index in [9.17, 15) is 4.79 Å². The number of aromatic nitrogens is 1. The Morgan fingerprint density at radius 1 is 0.944 bits per heavy atom. The average molecular weight is 487 g/mol. The Morgan fingerprint density at radius 3 is 2.36 bits per heavy atom. The molecule has 0 aliphatic rings. The summed E-state index contributed by atoms with van der Waals surface area (Å²) in [6.45, 7) is 3.00. The van der Waals surface area contributed by atoms with Crippen LogP contribution in [0.2, 0.25) is 0 Å². The lowest BCUT2D eigenvalue weighted by atomic mass is 10.1. The molecule has 186 valence electrons. The van der Waals surface area contributed by atoms with Gasteiger partial charge in [0.25, 0.3) is 5.91 Å². The van der Waals surface area contributed by atoms with Gasteiger partial charge in [0.2, 0.25) is 5.96 Å². The van der Waals surface area contributed by atoms with Gasteiger partial charge in [-0.2, -0.15) is 0 Å². The number of hydrogen-bond donors (Lipinski definition) is 3. The van der Waals surface area contributed by atoms with E-state index in [4.69, 9.17) is 14.2 Å². The van der Waals surface area contributed by atoms with E-state index in [0.29, 0.717) is 42.6 Å². The van der Waals surface area contributed by atoms with Crippen molar-refractivity contribution in [3.63, 3.8) is 0 Å². The van der Waals surface area contributed by atoms with Gasteiger partial charge < -0.3 is 24.5 Å². The fourth-order valence-electron chi connectivity index (χ4n) is 3.79. The van der Waals surface area contributed by atoms with Crippen LogP contribution in [0.4, 0.5) is 5.69 Å². The van der Waals surface area contributed by atoms with Crippen molar-refractivity contribution < 1.29 is 19.0 Å². The summed E-state index contributed by atoms with van der Waals surface area (Å²) in [7, 11) is 3.09. The molecule has 0 atom stereocenters. The molecule has 8 nitrogen and oxygen atoms in total. The van der Waals surface area contributed by atoms with E-state index in [1.165, 1.54) is 10.9 Å². The predicted molar refractivity (Wildman–Crippen MR) is 143 cm³/mol. The molecule has 4 aromatic rings. The van der Waals surface area contributed by atoms with Crippen LogP contribution in [0, 0.1) is 0 Å². The van der Waals surface area contributed by atoms with Gasteiger partial charge >= 0.3 is 0 Å². The van der Waals surface area contributed by atoms with Crippen molar-refractivity contribution in [1.29, 1.82) is 0 Å². The second kappa shape index (κ2) is 11.8. The van der Waals surface area contributed by atoms with Crippen LogP contribution in [0.25, 0.3) is 10.9 Å². The molecule has 3 aromatic carbocycles. The third-order valence-electron chi connectivity index (χ3n) is 5.60. The number of ether oxygens (including phenoxy) is 3. The summed E-state index contributed by atoms with van der Waals surface area (Å²) in [5, 5.41) is 7.27. The molecule has 0 bridgehead atoms. The van der Waals surface area contributed by atoms with Gasteiger partial charge in [0.1, 0.15) is 17.2 Å². The highest BCUT2D eigenvalue weighted by Gasteiger charge is 2.13. The summed E-state index contributed by atoms with van der Waals surface area (Å²) in [5.74, 6) is 1.82. The highest BCUT2D eigenvalue weighted by Crippen LogP contribution is 2.23. The van der Waals surface area contributed by atoms with Gasteiger partial charge in [0.05, 0.1) is 20.8 Å². The first-order valence-corrected chi connectivity index (χ1v) is 11.7. The molecule has 3 N–H and O–H groups in total. The average Bonchev–Trinajstić information content (AvgIpc) is 3.32. The molecule has 36 heavy (non-hydrogen) atoms. The summed E-state index contributed by atoms with van der Waals surface area (Å²) in [6, 6.07) is 20.6. The van der Waals surface area contributed by atoms with Crippen molar-refractivity contribution in [3.05, 3.63) is 84.1 Å². The number of para-hydroxylation sites is 1. The predicted octanol–water partition coefficient (Wildman–Crippen LogP) is 5.02. The molecule has 0 saturated heterocycles. The minimum atomic E-state index is -0.337. The zero-order valence-corrected chi connectivity index (χ0v) is 20.6. The van der Waals surface area contributed by atoms with Crippen LogP contribution in [0.5, 0.6) is 17.2 Å². The lowest BCUT2D eigenvalue weighted by Crippen LogP contribution is -2.36. The number of carbonyl (C=O) groups excluding carboxylic acids is 1. The van der Waals surface area contributed by atoms with Gasteiger partial charge in [-0.3, -0.25) is 15.1 Å². The molecule has 1 aromatic heterocycles. The molecule has 4 rings (SSSR count). The van der Waals surface area contributed by atoms with E-state index in [2.05, 4.69) is 26.7 Å². The van der Waals surface area contributed by atoms with Crippen LogP contribution in [-0.4, -0.2) is 44.2 Å². The van der Waals surface area contributed by atoms with E-state index < -0.39 is 0 Å². The fourth-order valence-corrected chi connectivity index (χ4v) is 3.79. The maximum Gasteiger partial charge on any atom is 0.258 e. The molecule has 0 fully saturated rings. The van der Waals surface area contributed by atoms with Gasteiger partial charge in [0, 0.05) is 41.0 Å². The number of carbonyl (C=O) groups is 1. The van der Waals surface area contributed by atoms with Gasteiger partial charge in [-0.15, -0.1) is 0 Å². The monoisotopic (exact) mass is 486 g/mol. The molecule has 1 amide bonds. The summed E-state index contributed by atoms with van der Waals surface area (Å²) < 4.78 is 16.1. The Morgan fingerprint density at radius 2 is 1.67 bits per heavy atom. The van der Waals surface area contributed by atoms with Crippen LogP contribution in [0.15, 0.2) is 77.9 Å². The lowest BCUT2D eigenvalue weighted by Gasteiger charge is -2.13. The van der Waals surface area contributed by atoms with Gasteiger partial charge in [-0.05, 0) is 61.4 Å². The van der Waals surface area contributed by atoms with Crippen molar-refractivity contribution in [1.82, 2.24) is 10.3 Å². The molecule has 0 radical (unpaired) electrons. The van der Waals surface area contributed by atoms with Gasteiger partial charge in [-0.1, -0.05) is 18.2 Å². The standard InChI is InChI=1S/C28H30N4O4/c1-4-36-22-11-9-21(10-12-22)31-28(29-14-13-19-18-30-26-8-6-5-7-25(19)26)32-27(33)20-15-23(34-2)17-24(16-20)35-3/h5-12,15-18,30H,4,13-14H2,1-3H3,(H2,29,31,32,33). The Labute approximate surface area is 210 Å². The number of rotatable bonds is 9. The number of nitrogens with one attached hydrogen (secondary N) is 3. The molecular formula is C28H30N4O4. The fraction of sp³-hybridized carbons (Fsp3) is 0.214. The summed E-state index contributed by atoms with van der Waals surface area (Å²) in [4.78, 5) is 21.1. The highest BCUT2D eigenvalue weighted by molar-refractivity contribution is 6.10. The Kier molecular flexibility index (Phi) is 8.08. The number of benzene rings is 3. The Bertz CT molecular complexity index is 1320. The van der Waals surface area contributed by atoms with Crippen molar-refractivity contribution in [2.24, 2.45) is 4.99 Å². The maximum absolute atomic E-state index is 13.1. The number of H-pyrrole nitrogens is 1. The Balaban J connectivity index is 1.54. The van der Waals surface area contributed by atoms with Crippen molar-refractivity contribution in [2.75, 3.05) is 32.7 Å². The minimum absolute atomic E-state index is 0.337. The van der Waals surface area contributed by atoms with Crippen LogP contribution >= 0.6 is 0 Å². The quantitative estimate of drug-likeness (QED) is 0.228. The summed E-state index contributed by atoms with van der Waals surface area (Å²) in [6.07, 6.45) is 2.71. The van der Waals surface area contributed by atoms with Crippen molar-refractivity contribution in [2.45, 2.75) is 13.3 Å².